The predicted octanol–water partition coefficient (Wildman–Crippen LogP) is 0.883. The molecule has 0 aromatic heterocycles. The van der Waals surface area contributed by atoms with E-state index in [9.17, 15) is 8.78 Å². The summed E-state index contributed by atoms with van der Waals surface area (Å²) in [5, 5.41) is 7.83. The quantitative estimate of drug-likeness (QED) is 0.610. The van der Waals surface area contributed by atoms with Gasteiger partial charge in [0.2, 0.25) is 0 Å². The van der Waals surface area contributed by atoms with Crippen molar-refractivity contribution >= 4 is 6.29 Å². The zero-order valence-corrected chi connectivity index (χ0v) is 5.72. The van der Waals surface area contributed by atoms with E-state index in [2.05, 4.69) is 0 Å². The fourth-order valence-electron chi connectivity index (χ4n) is 0.104. The second-order valence-electron chi connectivity index (χ2n) is 1.41. The highest BCUT2D eigenvalue weighted by atomic mass is 19.1. The molecule has 0 aliphatic carbocycles. The molecule has 0 saturated heterocycles. The van der Waals surface area contributed by atoms with Crippen molar-refractivity contribution in [1.29, 1.82) is 0 Å². The van der Waals surface area contributed by atoms with Gasteiger partial charge in [-0.25, -0.2) is 0 Å². The van der Waals surface area contributed by atoms with Gasteiger partial charge in [-0.1, -0.05) is 0 Å². The number of halogens is 2. The maximum absolute atomic E-state index is 10.8. The van der Waals surface area contributed by atoms with Gasteiger partial charge in [-0.05, 0) is 6.42 Å². The smallest absolute Gasteiger partial charge is 0.122 e. The Hall–Kier alpha value is -0.510. The first-order chi connectivity index (χ1) is 4.83. The molecule has 0 saturated carbocycles. The van der Waals surface area contributed by atoms with Crippen molar-refractivity contribution in [3.05, 3.63) is 0 Å². The van der Waals surface area contributed by atoms with E-state index in [0.29, 0.717) is 6.29 Å². The van der Waals surface area contributed by atoms with Crippen LogP contribution in [0.1, 0.15) is 12.8 Å². The van der Waals surface area contributed by atoms with Crippen molar-refractivity contribution in [3.63, 3.8) is 0 Å². The molecule has 62 valence electrons. The van der Waals surface area contributed by atoms with Gasteiger partial charge in [0.1, 0.15) is 6.29 Å². The van der Waals surface area contributed by atoms with E-state index in [4.69, 9.17) is 9.90 Å². The first-order valence-electron chi connectivity index (χ1n) is 2.99. The van der Waals surface area contributed by atoms with Gasteiger partial charge in [0.05, 0.1) is 13.3 Å². The number of alkyl halides is 2. The van der Waals surface area contributed by atoms with Crippen LogP contribution in [0.4, 0.5) is 8.78 Å². The van der Waals surface area contributed by atoms with Gasteiger partial charge in [-0.15, -0.1) is 0 Å². The van der Waals surface area contributed by atoms with E-state index < -0.39 is 13.3 Å². The number of carbonyl (C=O) groups is 1. The summed E-state index contributed by atoms with van der Waals surface area (Å²) in [6.45, 7) is -0.962. The van der Waals surface area contributed by atoms with E-state index in [1.807, 2.05) is 0 Å². The number of carbonyl (C=O) groups excluding carboxylic acids is 1. The Bertz CT molecular complexity index is 57.7. The molecule has 4 heteroatoms. The van der Waals surface area contributed by atoms with Gasteiger partial charge in [-0.3, -0.25) is 8.78 Å². The lowest BCUT2D eigenvalue weighted by Crippen LogP contribution is -1.80. The second-order valence-corrected chi connectivity index (χ2v) is 1.41. The summed E-state index contributed by atoms with van der Waals surface area (Å²) < 4.78 is 21.6. The monoisotopic (exact) mass is 154 g/mol. The SMILES string of the molecule is O=CCCF.OCCCF. The van der Waals surface area contributed by atoms with Gasteiger partial charge in [-0.2, -0.15) is 0 Å². The Balaban J connectivity index is 0. The van der Waals surface area contributed by atoms with Crippen molar-refractivity contribution in [2.45, 2.75) is 12.8 Å². The first-order valence-corrected chi connectivity index (χ1v) is 2.99. The van der Waals surface area contributed by atoms with Crippen LogP contribution in [-0.2, 0) is 4.79 Å². The van der Waals surface area contributed by atoms with E-state index in [0.717, 1.165) is 0 Å². The molecule has 0 aromatic rings. The number of hydrogen-bond donors (Lipinski definition) is 1. The summed E-state index contributed by atoms with van der Waals surface area (Å²) in [6.07, 6.45) is 0.875. The molecule has 0 fully saturated rings. The van der Waals surface area contributed by atoms with Crippen molar-refractivity contribution < 1.29 is 18.7 Å². The molecule has 10 heavy (non-hydrogen) atoms. The summed E-state index contributed by atoms with van der Waals surface area (Å²) in [5.74, 6) is 0. The van der Waals surface area contributed by atoms with Gasteiger partial charge in [0.15, 0.2) is 0 Å². The minimum Gasteiger partial charge on any atom is -0.396 e. The fourth-order valence-corrected chi connectivity index (χ4v) is 0.104. The number of aldehydes is 1. The van der Waals surface area contributed by atoms with Crippen LogP contribution in [-0.4, -0.2) is 31.3 Å². The lowest BCUT2D eigenvalue weighted by molar-refractivity contribution is -0.108. The molecule has 0 rings (SSSR count). The minimum atomic E-state index is -0.524. The average molecular weight is 154 g/mol. The summed E-state index contributed by atoms with van der Waals surface area (Å²) in [6, 6.07) is 0. The van der Waals surface area contributed by atoms with E-state index >= 15 is 0 Å². The minimum absolute atomic E-state index is 0.0312. The molecule has 0 atom stereocenters. The Morgan fingerprint density at radius 3 is 1.90 bits per heavy atom. The van der Waals surface area contributed by atoms with Crippen molar-refractivity contribution in [2.24, 2.45) is 0 Å². The van der Waals surface area contributed by atoms with Crippen LogP contribution in [0.15, 0.2) is 0 Å². The molecule has 0 unspecified atom stereocenters. The van der Waals surface area contributed by atoms with E-state index in [-0.39, 0.29) is 19.4 Å². The molecule has 0 bridgehead atoms. The largest absolute Gasteiger partial charge is 0.396 e. The average Bonchev–Trinajstić information content (AvgIpc) is 1.93. The molecule has 0 amide bonds. The van der Waals surface area contributed by atoms with Crippen LogP contribution < -0.4 is 0 Å². The third kappa shape index (κ3) is 25.9. The van der Waals surface area contributed by atoms with Crippen molar-refractivity contribution in [1.82, 2.24) is 0 Å². The van der Waals surface area contributed by atoms with Crippen LogP contribution in [0.3, 0.4) is 0 Å². The highest BCUT2D eigenvalue weighted by Gasteiger charge is 1.72. The standard InChI is InChI=1S/C3H7FO.C3H5FO/c2*4-2-1-3-5/h5H,1-3H2;3H,1-2H2. The molecule has 0 spiro atoms. The van der Waals surface area contributed by atoms with Crippen LogP contribution in [0, 0.1) is 0 Å². The molecular formula is C6H12F2O2. The maximum Gasteiger partial charge on any atom is 0.122 e. The fraction of sp³-hybridized carbons (Fsp3) is 0.833. The van der Waals surface area contributed by atoms with Crippen LogP contribution in [0.2, 0.25) is 0 Å². The zero-order valence-electron chi connectivity index (χ0n) is 5.72. The lowest BCUT2D eigenvalue weighted by atomic mass is 10.5. The normalized spacial score (nSPS) is 7.90. The molecule has 0 radical (unpaired) electrons. The molecule has 0 aromatic carbocycles. The second kappa shape index (κ2) is 15.8. The highest BCUT2D eigenvalue weighted by Crippen LogP contribution is 1.72. The van der Waals surface area contributed by atoms with Crippen molar-refractivity contribution in [2.75, 3.05) is 20.0 Å². The van der Waals surface area contributed by atoms with Crippen LogP contribution in [0.5, 0.6) is 0 Å². The van der Waals surface area contributed by atoms with Gasteiger partial charge >= 0.3 is 0 Å². The molecule has 1 N–H and O–H groups in total. The Morgan fingerprint density at radius 2 is 1.90 bits per heavy atom. The van der Waals surface area contributed by atoms with Crippen LogP contribution >= 0.6 is 0 Å². The summed E-state index contributed by atoms with van der Waals surface area (Å²) >= 11 is 0. The van der Waals surface area contributed by atoms with Crippen molar-refractivity contribution in [3.8, 4) is 0 Å². The maximum atomic E-state index is 10.8. The predicted molar refractivity (Wildman–Crippen MR) is 34.3 cm³/mol. The highest BCUT2D eigenvalue weighted by molar-refractivity contribution is 5.49. The molecular weight excluding hydrogens is 142 g/mol. The molecule has 0 aliphatic rings. The Kier molecular flexibility index (Phi) is 19.3. The van der Waals surface area contributed by atoms with E-state index in [1.165, 1.54) is 0 Å². The third-order valence-electron chi connectivity index (χ3n) is 0.519. The summed E-state index contributed by atoms with van der Waals surface area (Å²) in [5.41, 5.74) is 0. The van der Waals surface area contributed by atoms with Gasteiger partial charge < -0.3 is 9.90 Å². The molecule has 2 nitrogen and oxygen atoms in total. The zero-order chi connectivity index (χ0) is 8.24. The summed E-state index contributed by atoms with van der Waals surface area (Å²) in [4.78, 5) is 9.16. The van der Waals surface area contributed by atoms with Gasteiger partial charge in [0, 0.05) is 13.0 Å². The summed E-state index contributed by atoms with van der Waals surface area (Å²) in [7, 11) is 0. The third-order valence-corrected chi connectivity index (χ3v) is 0.519. The lowest BCUT2D eigenvalue weighted by Gasteiger charge is -1.76. The Labute approximate surface area is 58.9 Å². The first kappa shape index (κ1) is 12.2. The van der Waals surface area contributed by atoms with Crippen LogP contribution in [0.25, 0.3) is 0 Å². The topological polar surface area (TPSA) is 37.3 Å². The van der Waals surface area contributed by atoms with Gasteiger partial charge in [0.25, 0.3) is 0 Å². The Morgan fingerprint density at radius 1 is 1.30 bits per heavy atom. The molecule has 0 aliphatic heterocycles. The number of rotatable bonds is 4. The number of aliphatic hydroxyl groups excluding tert-OH is 1. The number of hydrogen-bond acceptors (Lipinski definition) is 2. The molecule has 0 heterocycles. The number of aliphatic hydroxyl groups is 1. The van der Waals surface area contributed by atoms with E-state index in [1.54, 1.807) is 0 Å².